The quantitative estimate of drug-likeness (QED) is 0.820. The van der Waals surface area contributed by atoms with Crippen LogP contribution in [-0.2, 0) is 16.6 Å². The Morgan fingerprint density at radius 1 is 1.33 bits per heavy atom. The minimum atomic E-state index is -3.47. The summed E-state index contributed by atoms with van der Waals surface area (Å²) in [6.45, 7) is 3.83. The lowest BCUT2D eigenvalue weighted by Gasteiger charge is -2.22. The number of hydrogen-bond acceptors (Lipinski definition) is 4. The molecule has 1 aromatic rings. The van der Waals surface area contributed by atoms with Crippen LogP contribution in [0.1, 0.15) is 18.4 Å². The maximum absolute atomic E-state index is 12.6. The number of likely N-dealkylation sites (N-methyl/N-ethyl adjacent to an activating group) is 1. The van der Waals surface area contributed by atoms with Gasteiger partial charge in [-0.25, -0.2) is 8.42 Å². The fourth-order valence-electron chi connectivity index (χ4n) is 2.46. The molecule has 0 amide bonds. The van der Waals surface area contributed by atoms with Gasteiger partial charge in [-0.1, -0.05) is 6.07 Å². The van der Waals surface area contributed by atoms with Gasteiger partial charge in [0, 0.05) is 31.2 Å². The topological polar surface area (TPSA) is 66.6 Å². The largest absolute Gasteiger partial charge is 0.326 e. The van der Waals surface area contributed by atoms with Gasteiger partial charge in [-0.15, -0.1) is 0 Å². The average molecular weight is 376 g/mol. The van der Waals surface area contributed by atoms with E-state index in [9.17, 15) is 8.42 Å². The van der Waals surface area contributed by atoms with E-state index in [1.807, 2.05) is 0 Å². The smallest absolute Gasteiger partial charge is 0.243 e. The molecule has 2 rings (SSSR count). The number of rotatable bonds is 6. The molecule has 0 bridgehead atoms. The molecule has 1 saturated heterocycles. The van der Waals surface area contributed by atoms with E-state index in [1.165, 1.54) is 17.1 Å². The van der Waals surface area contributed by atoms with E-state index in [4.69, 9.17) is 5.73 Å². The number of sulfonamides is 1. The lowest BCUT2D eigenvalue weighted by atomic mass is 10.2. The average Bonchev–Trinajstić information content (AvgIpc) is 2.97. The fraction of sp³-hybridized carbons (Fsp3) is 0.571. The third-order valence-electron chi connectivity index (χ3n) is 3.85. The van der Waals surface area contributed by atoms with Crippen LogP contribution >= 0.6 is 15.9 Å². The number of likely N-dealkylation sites (tertiary alicyclic amines) is 1. The van der Waals surface area contributed by atoms with Crippen molar-refractivity contribution >= 4 is 26.0 Å². The van der Waals surface area contributed by atoms with E-state index in [0.29, 0.717) is 22.5 Å². The van der Waals surface area contributed by atoms with Gasteiger partial charge in [-0.3, -0.25) is 0 Å². The summed E-state index contributed by atoms with van der Waals surface area (Å²) in [5.74, 6) is 0. The third-order valence-corrected chi connectivity index (χ3v) is 6.68. The van der Waals surface area contributed by atoms with E-state index < -0.39 is 10.0 Å². The van der Waals surface area contributed by atoms with Gasteiger partial charge >= 0.3 is 0 Å². The first-order valence-corrected chi connectivity index (χ1v) is 9.35. The zero-order valence-corrected chi connectivity index (χ0v) is 14.7. The maximum Gasteiger partial charge on any atom is 0.243 e. The summed E-state index contributed by atoms with van der Waals surface area (Å²) in [6, 6.07) is 5.14. The maximum atomic E-state index is 12.6. The van der Waals surface area contributed by atoms with Crippen molar-refractivity contribution in [2.24, 2.45) is 5.73 Å². The van der Waals surface area contributed by atoms with Crippen LogP contribution < -0.4 is 5.73 Å². The van der Waals surface area contributed by atoms with Crippen molar-refractivity contribution < 1.29 is 8.42 Å². The Morgan fingerprint density at radius 3 is 2.57 bits per heavy atom. The lowest BCUT2D eigenvalue weighted by molar-refractivity contribution is 0.310. The molecular weight excluding hydrogens is 354 g/mol. The Balaban J connectivity index is 2.09. The van der Waals surface area contributed by atoms with Crippen LogP contribution in [-0.4, -0.2) is 50.8 Å². The van der Waals surface area contributed by atoms with Crippen molar-refractivity contribution in [3.63, 3.8) is 0 Å². The van der Waals surface area contributed by atoms with Crippen LogP contribution in [0.5, 0.6) is 0 Å². The molecule has 0 aromatic heterocycles. The van der Waals surface area contributed by atoms with Gasteiger partial charge in [0.25, 0.3) is 0 Å². The molecule has 1 heterocycles. The molecule has 0 aliphatic carbocycles. The molecule has 1 aliphatic rings. The molecule has 0 atom stereocenters. The Kier molecular flexibility index (Phi) is 5.79. The van der Waals surface area contributed by atoms with Crippen molar-refractivity contribution in [3.8, 4) is 0 Å². The molecule has 118 valence electrons. The summed E-state index contributed by atoms with van der Waals surface area (Å²) in [5.41, 5.74) is 6.47. The first kappa shape index (κ1) is 16.9. The van der Waals surface area contributed by atoms with Crippen LogP contribution in [0.2, 0.25) is 0 Å². The highest BCUT2D eigenvalue weighted by molar-refractivity contribution is 9.10. The van der Waals surface area contributed by atoms with Crippen LogP contribution in [0.3, 0.4) is 0 Å². The Hall–Kier alpha value is -0.470. The second kappa shape index (κ2) is 7.19. The van der Waals surface area contributed by atoms with Crippen LogP contribution in [0.25, 0.3) is 0 Å². The predicted molar refractivity (Wildman–Crippen MR) is 87.5 cm³/mol. The number of hydrogen-bond donors (Lipinski definition) is 1. The van der Waals surface area contributed by atoms with Crippen LogP contribution in [0, 0.1) is 0 Å². The van der Waals surface area contributed by atoms with Crippen LogP contribution in [0.15, 0.2) is 27.6 Å². The van der Waals surface area contributed by atoms with E-state index in [0.717, 1.165) is 25.2 Å². The van der Waals surface area contributed by atoms with Gasteiger partial charge < -0.3 is 10.6 Å². The first-order chi connectivity index (χ1) is 9.95. The van der Waals surface area contributed by atoms with Crippen molar-refractivity contribution in [1.82, 2.24) is 9.21 Å². The molecule has 0 radical (unpaired) electrons. The van der Waals surface area contributed by atoms with E-state index in [2.05, 4.69) is 20.8 Å². The number of nitrogens with two attached hydrogens (primary N) is 1. The Bertz CT molecular complexity index is 586. The van der Waals surface area contributed by atoms with Crippen molar-refractivity contribution in [1.29, 1.82) is 0 Å². The highest BCUT2D eigenvalue weighted by atomic mass is 79.9. The molecule has 1 aromatic carbocycles. The SMILES string of the molecule is CN(CCN1CCCC1)S(=O)(=O)c1ccc(CN)cc1Br. The summed E-state index contributed by atoms with van der Waals surface area (Å²) >= 11 is 3.34. The summed E-state index contributed by atoms with van der Waals surface area (Å²) in [6.07, 6.45) is 2.42. The second-order valence-electron chi connectivity index (χ2n) is 5.34. The molecular formula is C14H22BrN3O2S. The zero-order chi connectivity index (χ0) is 15.5. The Morgan fingerprint density at radius 2 is 2.00 bits per heavy atom. The lowest BCUT2D eigenvalue weighted by Crippen LogP contribution is -2.35. The van der Waals surface area contributed by atoms with E-state index in [-0.39, 0.29) is 0 Å². The van der Waals surface area contributed by atoms with Gasteiger partial charge in [-0.05, 0) is 59.6 Å². The number of benzene rings is 1. The summed E-state index contributed by atoms with van der Waals surface area (Å²) < 4.78 is 27.2. The van der Waals surface area contributed by atoms with Gasteiger partial charge in [0.15, 0.2) is 0 Å². The minimum Gasteiger partial charge on any atom is -0.326 e. The van der Waals surface area contributed by atoms with Gasteiger partial charge in [0.1, 0.15) is 0 Å². The summed E-state index contributed by atoms with van der Waals surface area (Å²) in [4.78, 5) is 2.60. The summed E-state index contributed by atoms with van der Waals surface area (Å²) in [5, 5.41) is 0. The highest BCUT2D eigenvalue weighted by Gasteiger charge is 2.24. The number of halogens is 1. The summed E-state index contributed by atoms with van der Waals surface area (Å²) in [7, 11) is -1.83. The molecule has 7 heteroatoms. The normalized spacial score (nSPS) is 16.8. The third kappa shape index (κ3) is 4.04. The molecule has 2 N–H and O–H groups in total. The van der Waals surface area contributed by atoms with Crippen molar-refractivity contribution in [3.05, 3.63) is 28.2 Å². The van der Waals surface area contributed by atoms with Crippen molar-refractivity contribution in [2.75, 3.05) is 33.2 Å². The molecule has 1 fully saturated rings. The monoisotopic (exact) mass is 375 g/mol. The molecule has 1 aliphatic heterocycles. The van der Waals surface area contributed by atoms with Gasteiger partial charge in [0.05, 0.1) is 4.90 Å². The fourth-order valence-corrected chi connectivity index (χ4v) is 4.70. The molecule has 0 saturated carbocycles. The zero-order valence-electron chi connectivity index (χ0n) is 12.3. The first-order valence-electron chi connectivity index (χ1n) is 7.12. The van der Waals surface area contributed by atoms with E-state index >= 15 is 0 Å². The molecule has 0 unspecified atom stereocenters. The Labute approximate surface area is 135 Å². The molecule has 0 spiro atoms. The van der Waals surface area contributed by atoms with E-state index in [1.54, 1.807) is 25.2 Å². The molecule has 21 heavy (non-hydrogen) atoms. The predicted octanol–water partition coefficient (Wildman–Crippen LogP) is 1.62. The van der Waals surface area contributed by atoms with Crippen LogP contribution in [0.4, 0.5) is 0 Å². The minimum absolute atomic E-state index is 0.295. The number of nitrogens with zero attached hydrogens (tertiary/aromatic N) is 2. The van der Waals surface area contributed by atoms with Crippen molar-refractivity contribution in [2.45, 2.75) is 24.3 Å². The highest BCUT2D eigenvalue weighted by Crippen LogP contribution is 2.25. The van der Waals surface area contributed by atoms with Gasteiger partial charge in [-0.2, -0.15) is 4.31 Å². The molecule has 5 nitrogen and oxygen atoms in total. The second-order valence-corrected chi connectivity index (χ2v) is 8.21. The van der Waals surface area contributed by atoms with Gasteiger partial charge in [0.2, 0.25) is 10.0 Å². The standard InChI is InChI=1S/C14H22BrN3O2S/c1-17(8-9-18-6-2-3-7-18)21(19,20)14-5-4-12(11-16)10-13(14)15/h4-5,10H,2-3,6-9,11,16H2,1H3.